The summed E-state index contributed by atoms with van der Waals surface area (Å²) in [6.07, 6.45) is 4.31. The first kappa shape index (κ1) is 13.4. The van der Waals surface area contributed by atoms with Crippen LogP contribution in [0.5, 0.6) is 0 Å². The van der Waals surface area contributed by atoms with Crippen LogP contribution in [-0.2, 0) is 9.53 Å². The van der Waals surface area contributed by atoms with Gasteiger partial charge in [0, 0.05) is 6.42 Å². The molecule has 0 saturated heterocycles. The quantitative estimate of drug-likeness (QED) is 0.722. The van der Waals surface area contributed by atoms with Crippen LogP contribution < -0.4 is 0 Å². The van der Waals surface area contributed by atoms with E-state index in [1.165, 1.54) is 19.3 Å². The lowest BCUT2D eigenvalue weighted by atomic mass is 9.79. The van der Waals surface area contributed by atoms with Crippen LogP contribution in [0, 0.1) is 40.4 Å². The summed E-state index contributed by atoms with van der Waals surface area (Å²) >= 11 is 0. The summed E-state index contributed by atoms with van der Waals surface area (Å²) in [7, 11) is 0. The molecule has 0 N–H and O–H groups in total. The Morgan fingerprint density at radius 2 is 1.94 bits per heavy atom. The standard InChI is InChI=1S/C15H23NO2/c1-15(2,3)14(17)18-9-12-7-10-6-11(4-5-16)13(12)8-10/h10-13H,4,6-9H2,1-3H3. The molecule has 2 aliphatic carbocycles. The maximum Gasteiger partial charge on any atom is 0.311 e. The Hall–Kier alpha value is -1.04. The van der Waals surface area contributed by atoms with Crippen LogP contribution in [0.2, 0.25) is 0 Å². The number of ether oxygens (including phenoxy) is 1. The first-order valence-electron chi connectivity index (χ1n) is 6.96. The van der Waals surface area contributed by atoms with E-state index >= 15 is 0 Å². The molecule has 0 amide bonds. The Bertz CT molecular complexity index is 364. The topological polar surface area (TPSA) is 50.1 Å². The maximum atomic E-state index is 11.8. The Balaban J connectivity index is 1.85. The molecule has 0 radical (unpaired) electrons. The fourth-order valence-electron chi connectivity index (χ4n) is 3.59. The van der Waals surface area contributed by atoms with Crippen LogP contribution in [0.15, 0.2) is 0 Å². The number of nitrogens with zero attached hydrogens (tertiary/aromatic N) is 1. The third-order valence-electron chi connectivity index (χ3n) is 4.48. The number of nitriles is 1. The molecule has 2 aliphatic rings. The van der Waals surface area contributed by atoms with Gasteiger partial charge in [-0.2, -0.15) is 5.26 Å². The Labute approximate surface area is 110 Å². The van der Waals surface area contributed by atoms with Gasteiger partial charge in [0.05, 0.1) is 18.1 Å². The van der Waals surface area contributed by atoms with Crippen molar-refractivity contribution >= 4 is 5.97 Å². The molecule has 2 fully saturated rings. The number of rotatable bonds is 3. The van der Waals surface area contributed by atoms with Crippen LogP contribution in [0.25, 0.3) is 0 Å². The minimum Gasteiger partial charge on any atom is -0.465 e. The van der Waals surface area contributed by atoms with Crippen molar-refractivity contribution in [2.24, 2.45) is 29.1 Å². The summed E-state index contributed by atoms with van der Waals surface area (Å²) in [5.74, 6) is 2.32. The first-order valence-corrected chi connectivity index (χ1v) is 6.96. The SMILES string of the molecule is CC(C)(C)C(=O)OCC1CC2CC(CC#N)C1C2. The molecule has 0 aliphatic heterocycles. The fraction of sp³-hybridized carbons (Fsp3) is 0.867. The van der Waals surface area contributed by atoms with Crippen molar-refractivity contribution in [3.8, 4) is 6.07 Å². The van der Waals surface area contributed by atoms with Crippen molar-refractivity contribution < 1.29 is 9.53 Å². The summed E-state index contributed by atoms with van der Waals surface area (Å²) in [4.78, 5) is 11.8. The van der Waals surface area contributed by atoms with Gasteiger partial charge in [0.1, 0.15) is 0 Å². The Kier molecular flexibility index (Phi) is 3.66. The second kappa shape index (κ2) is 4.91. The van der Waals surface area contributed by atoms with E-state index in [4.69, 9.17) is 10.00 Å². The summed E-state index contributed by atoms with van der Waals surface area (Å²) in [5.41, 5.74) is -0.413. The van der Waals surface area contributed by atoms with Gasteiger partial charge in [-0.25, -0.2) is 0 Å². The zero-order valence-corrected chi connectivity index (χ0v) is 11.6. The van der Waals surface area contributed by atoms with Crippen molar-refractivity contribution in [2.45, 2.75) is 46.5 Å². The van der Waals surface area contributed by atoms with Gasteiger partial charge in [-0.3, -0.25) is 4.79 Å². The smallest absolute Gasteiger partial charge is 0.311 e. The van der Waals surface area contributed by atoms with Crippen LogP contribution >= 0.6 is 0 Å². The van der Waals surface area contributed by atoms with Gasteiger partial charge < -0.3 is 4.74 Å². The second-order valence-corrected chi connectivity index (χ2v) is 6.97. The molecule has 0 aromatic carbocycles. The average Bonchev–Trinajstić information content (AvgIpc) is 2.84. The fourth-order valence-corrected chi connectivity index (χ4v) is 3.59. The van der Waals surface area contributed by atoms with Gasteiger partial charge in [0.15, 0.2) is 0 Å². The molecule has 0 spiro atoms. The molecule has 4 atom stereocenters. The molecule has 100 valence electrons. The van der Waals surface area contributed by atoms with Crippen LogP contribution in [0.4, 0.5) is 0 Å². The molecule has 2 saturated carbocycles. The summed E-state index contributed by atoms with van der Waals surface area (Å²) in [5, 5.41) is 8.83. The zero-order chi connectivity index (χ0) is 13.3. The van der Waals surface area contributed by atoms with E-state index in [2.05, 4.69) is 6.07 Å². The molecule has 0 aromatic rings. The predicted octanol–water partition coefficient (Wildman–Crippen LogP) is 3.15. The molecule has 2 rings (SSSR count). The summed E-state index contributed by atoms with van der Waals surface area (Å²) in [6.45, 7) is 6.21. The van der Waals surface area contributed by atoms with E-state index in [1.54, 1.807) is 0 Å². The number of hydrogen-bond donors (Lipinski definition) is 0. The highest BCUT2D eigenvalue weighted by Gasteiger charge is 2.46. The van der Waals surface area contributed by atoms with E-state index in [1.807, 2.05) is 20.8 Å². The number of carbonyl (C=O) groups excluding carboxylic acids is 1. The van der Waals surface area contributed by atoms with Crippen LogP contribution in [0.3, 0.4) is 0 Å². The second-order valence-electron chi connectivity index (χ2n) is 6.97. The molecule has 3 heteroatoms. The maximum absolute atomic E-state index is 11.8. The molecule has 0 heterocycles. The van der Waals surface area contributed by atoms with Crippen molar-refractivity contribution in [3.63, 3.8) is 0 Å². The molecule has 3 nitrogen and oxygen atoms in total. The summed E-state index contributed by atoms with van der Waals surface area (Å²) in [6, 6.07) is 2.30. The lowest BCUT2D eigenvalue weighted by molar-refractivity contribution is -0.155. The lowest BCUT2D eigenvalue weighted by Gasteiger charge is -2.28. The average molecular weight is 249 g/mol. The largest absolute Gasteiger partial charge is 0.465 e. The molecule has 0 aromatic heterocycles. The highest BCUT2D eigenvalue weighted by molar-refractivity contribution is 5.75. The van der Waals surface area contributed by atoms with Gasteiger partial charge >= 0.3 is 5.97 Å². The number of hydrogen-bond acceptors (Lipinski definition) is 3. The monoisotopic (exact) mass is 249 g/mol. The van der Waals surface area contributed by atoms with Crippen molar-refractivity contribution in [2.75, 3.05) is 6.61 Å². The van der Waals surface area contributed by atoms with E-state index in [0.29, 0.717) is 30.8 Å². The van der Waals surface area contributed by atoms with Crippen molar-refractivity contribution in [1.29, 1.82) is 5.26 Å². The lowest BCUT2D eigenvalue weighted by Crippen LogP contribution is -2.29. The molecule has 18 heavy (non-hydrogen) atoms. The number of fused-ring (bicyclic) bond motifs is 2. The van der Waals surface area contributed by atoms with Crippen LogP contribution in [-0.4, -0.2) is 12.6 Å². The number of esters is 1. The third kappa shape index (κ3) is 2.68. The highest BCUT2D eigenvalue weighted by atomic mass is 16.5. The molecule has 4 unspecified atom stereocenters. The third-order valence-corrected chi connectivity index (χ3v) is 4.48. The first-order chi connectivity index (χ1) is 8.41. The number of carbonyl (C=O) groups is 1. The van der Waals surface area contributed by atoms with Gasteiger partial charge in [-0.1, -0.05) is 0 Å². The van der Waals surface area contributed by atoms with E-state index < -0.39 is 5.41 Å². The predicted molar refractivity (Wildman–Crippen MR) is 68.5 cm³/mol. The van der Waals surface area contributed by atoms with Gasteiger partial charge in [-0.05, 0) is 63.7 Å². The normalized spacial score (nSPS) is 34.3. The minimum absolute atomic E-state index is 0.109. The molecule has 2 bridgehead atoms. The Morgan fingerprint density at radius 1 is 1.28 bits per heavy atom. The summed E-state index contributed by atoms with van der Waals surface area (Å²) < 4.78 is 5.45. The molecular weight excluding hydrogens is 226 g/mol. The molecular formula is C15H23NO2. The highest BCUT2D eigenvalue weighted by Crippen LogP contribution is 2.52. The van der Waals surface area contributed by atoms with Gasteiger partial charge in [-0.15, -0.1) is 0 Å². The van der Waals surface area contributed by atoms with Crippen molar-refractivity contribution in [1.82, 2.24) is 0 Å². The minimum atomic E-state index is -0.413. The van der Waals surface area contributed by atoms with E-state index in [-0.39, 0.29) is 5.97 Å². The van der Waals surface area contributed by atoms with E-state index in [0.717, 1.165) is 5.92 Å². The van der Waals surface area contributed by atoms with Gasteiger partial charge in [0.2, 0.25) is 0 Å². The van der Waals surface area contributed by atoms with Crippen molar-refractivity contribution in [3.05, 3.63) is 0 Å². The van der Waals surface area contributed by atoms with E-state index in [9.17, 15) is 4.79 Å². The Morgan fingerprint density at radius 3 is 2.50 bits per heavy atom. The zero-order valence-electron chi connectivity index (χ0n) is 11.6. The van der Waals surface area contributed by atoms with Crippen LogP contribution in [0.1, 0.15) is 46.5 Å². The van der Waals surface area contributed by atoms with Gasteiger partial charge in [0.25, 0.3) is 0 Å².